The average molecular weight is 371 g/mol. The van der Waals surface area contributed by atoms with E-state index < -0.39 is 6.10 Å². The van der Waals surface area contributed by atoms with Crippen LogP contribution in [-0.2, 0) is 17.8 Å². The molecule has 0 aliphatic carbocycles. The second-order valence-electron chi connectivity index (χ2n) is 7.41. The SMILES string of the molecule is Cc1noc(C)c1CN1CC[C@@H](NC(=O)CCCc2ccccc2)[C@H](O)C1. The van der Waals surface area contributed by atoms with Gasteiger partial charge >= 0.3 is 0 Å². The second-order valence-corrected chi connectivity index (χ2v) is 7.41. The van der Waals surface area contributed by atoms with Crippen LogP contribution < -0.4 is 5.32 Å². The van der Waals surface area contributed by atoms with Crippen molar-refractivity contribution in [1.29, 1.82) is 0 Å². The third-order valence-corrected chi connectivity index (χ3v) is 5.29. The van der Waals surface area contributed by atoms with Gasteiger partial charge in [-0.15, -0.1) is 0 Å². The Kier molecular flexibility index (Phi) is 6.63. The predicted octanol–water partition coefficient (Wildman–Crippen LogP) is 2.37. The topological polar surface area (TPSA) is 78.6 Å². The summed E-state index contributed by atoms with van der Waals surface area (Å²) < 4.78 is 5.21. The molecule has 6 nitrogen and oxygen atoms in total. The molecule has 0 radical (unpaired) electrons. The Morgan fingerprint density at radius 1 is 1.33 bits per heavy atom. The van der Waals surface area contributed by atoms with Crippen molar-refractivity contribution in [2.24, 2.45) is 0 Å². The van der Waals surface area contributed by atoms with E-state index >= 15 is 0 Å². The van der Waals surface area contributed by atoms with Gasteiger partial charge in [0.15, 0.2) is 0 Å². The van der Waals surface area contributed by atoms with Crippen LogP contribution in [0.5, 0.6) is 0 Å². The molecular weight excluding hydrogens is 342 g/mol. The zero-order chi connectivity index (χ0) is 19.2. The van der Waals surface area contributed by atoms with Crippen molar-refractivity contribution < 1.29 is 14.4 Å². The summed E-state index contributed by atoms with van der Waals surface area (Å²) in [4.78, 5) is 14.4. The van der Waals surface area contributed by atoms with Gasteiger partial charge in [-0.1, -0.05) is 35.5 Å². The molecule has 0 spiro atoms. The maximum Gasteiger partial charge on any atom is 0.220 e. The number of hydrogen-bond donors (Lipinski definition) is 2. The van der Waals surface area contributed by atoms with Crippen LogP contribution in [0.25, 0.3) is 0 Å². The molecule has 1 aromatic carbocycles. The molecule has 0 unspecified atom stereocenters. The lowest BCUT2D eigenvalue weighted by Crippen LogP contribution is -2.53. The minimum absolute atomic E-state index is 0.0224. The predicted molar refractivity (Wildman–Crippen MR) is 103 cm³/mol. The van der Waals surface area contributed by atoms with E-state index in [-0.39, 0.29) is 11.9 Å². The number of likely N-dealkylation sites (tertiary alicyclic amines) is 1. The molecule has 146 valence electrons. The van der Waals surface area contributed by atoms with Crippen LogP contribution in [0, 0.1) is 13.8 Å². The molecule has 1 aliphatic rings. The molecule has 2 atom stereocenters. The van der Waals surface area contributed by atoms with E-state index in [1.807, 2.05) is 32.0 Å². The number of aliphatic hydroxyl groups excluding tert-OH is 1. The molecule has 2 heterocycles. The maximum absolute atomic E-state index is 12.2. The Labute approximate surface area is 160 Å². The highest BCUT2D eigenvalue weighted by Gasteiger charge is 2.29. The first-order valence-electron chi connectivity index (χ1n) is 9.68. The third kappa shape index (κ3) is 5.40. The first-order valence-corrected chi connectivity index (χ1v) is 9.68. The molecule has 6 heteroatoms. The molecule has 1 aromatic heterocycles. The molecule has 1 aliphatic heterocycles. The summed E-state index contributed by atoms with van der Waals surface area (Å²) in [5.41, 5.74) is 3.24. The van der Waals surface area contributed by atoms with Crippen molar-refractivity contribution in [3.63, 3.8) is 0 Å². The highest BCUT2D eigenvalue weighted by Crippen LogP contribution is 2.19. The molecular formula is C21H29N3O3. The first kappa shape index (κ1) is 19.6. The number of nitrogens with one attached hydrogen (secondary N) is 1. The number of carbonyl (C=O) groups excluding carboxylic acids is 1. The van der Waals surface area contributed by atoms with Crippen molar-refractivity contribution in [3.8, 4) is 0 Å². The largest absolute Gasteiger partial charge is 0.390 e. The number of benzene rings is 1. The molecule has 0 bridgehead atoms. The summed E-state index contributed by atoms with van der Waals surface area (Å²) in [7, 11) is 0. The standard InChI is InChI=1S/C21H29N3O3/c1-15-18(16(2)27-23-15)13-24-12-11-19(20(25)14-24)22-21(26)10-6-9-17-7-4-3-5-8-17/h3-5,7-8,19-20,25H,6,9-14H2,1-2H3,(H,22,26)/t19-,20-/m1/s1. The van der Waals surface area contributed by atoms with Crippen molar-refractivity contribution in [1.82, 2.24) is 15.4 Å². The second kappa shape index (κ2) is 9.15. The molecule has 27 heavy (non-hydrogen) atoms. The quantitative estimate of drug-likeness (QED) is 0.781. The van der Waals surface area contributed by atoms with Gasteiger partial charge in [-0.05, 0) is 38.7 Å². The Morgan fingerprint density at radius 2 is 2.11 bits per heavy atom. The monoisotopic (exact) mass is 371 g/mol. The summed E-state index contributed by atoms with van der Waals surface area (Å²) in [6, 6.07) is 10.0. The van der Waals surface area contributed by atoms with Crippen molar-refractivity contribution in [2.75, 3.05) is 13.1 Å². The number of carbonyl (C=O) groups is 1. The van der Waals surface area contributed by atoms with E-state index in [1.54, 1.807) is 0 Å². The summed E-state index contributed by atoms with van der Waals surface area (Å²) in [5.74, 6) is 0.852. The van der Waals surface area contributed by atoms with Crippen molar-refractivity contribution >= 4 is 5.91 Å². The fourth-order valence-electron chi connectivity index (χ4n) is 3.64. The molecule has 1 fully saturated rings. The lowest BCUT2D eigenvalue weighted by molar-refractivity contribution is -0.123. The number of piperidine rings is 1. The molecule has 1 amide bonds. The summed E-state index contributed by atoms with van der Waals surface area (Å²) >= 11 is 0. The summed E-state index contributed by atoms with van der Waals surface area (Å²) in [6.07, 6.45) is 2.39. The number of hydrogen-bond acceptors (Lipinski definition) is 5. The Bertz CT molecular complexity index is 725. The molecule has 2 N–H and O–H groups in total. The van der Waals surface area contributed by atoms with E-state index in [2.05, 4.69) is 27.5 Å². The van der Waals surface area contributed by atoms with Gasteiger partial charge in [0, 0.05) is 31.6 Å². The Hall–Kier alpha value is -2.18. The van der Waals surface area contributed by atoms with Crippen molar-refractivity contribution in [3.05, 3.63) is 52.9 Å². The first-order chi connectivity index (χ1) is 13.0. The van der Waals surface area contributed by atoms with Crippen LogP contribution in [0.1, 0.15) is 41.8 Å². The third-order valence-electron chi connectivity index (χ3n) is 5.29. The molecule has 2 aromatic rings. The van der Waals surface area contributed by atoms with Gasteiger partial charge in [-0.25, -0.2) is 0 Å². The Morgan fingerprint density at radius 3 is 2.78 bits per heavy atom. The van der Waals surface area contributed by atoms with E-state index in [9.17, 15) is 9.90 Å². The number of rotatable bonds is 7. The number of nitrogens with zero attached hydrogens (tertiary/aromatic N) is 2. The number of aryl methyl sites for hydroxylation is 3. The van der Waals surface area contributed by atoms with E-state index in [0.29, 0.717) is 13.0 Å². The lowest BCUT2D eigenvalue weighted by atomic mass is 10.0. The summed E-state index contributed by atoms with van der Waals surface area (Å²) in [5, 5.41) is 17.5. The molecule has 0 saturated carbocycles. The van der Waals surface area contributed by atoms with Gasteiger partial charge in [0.25, 0.3) is 0 Å². The maximum atomic E-state index is 12.2. The fourth-order valence-corrected chi connectivity index (χ4v) is 3.64. The van der Waals surface area contributed by atoms with Gasteiger partial charge in [0.05, 0.1) is 17.8 Å². The minimum atomic E-state index is -0.558. The highest BCUT2D eigenvalue weighted by molar-refractivity contribution is 5.76. The Balaban J connectivity index is 1.41. The van der Waals surface area contributed by atoms with Gasteiger partial charge in [0.1, 0.15) is 5.76 Å². The fraction of sp³-hybridized carbons (Fsp3) is 0.524. The van der Waals surface area contributed by atoms with Gasteiger partial charge < -0.3 is 14.9 Å². The molecule has 1 saturated heterocycles. The van der Waals surface area contributed by atoms with Gasteiger partial charge in [-0.2, -0.15) is 0 Å². The normalized spacial score (nSPS) is 20.6. The van der Waals surface area contributed by atoms with Crippen LogP contribution in [0.2, 0.25) is 0 Å². The minimum Gasteiger partial charge on any atom is -0.390 e. The molecule has 3 rings (SSSR count). The van der Waals surface area contributed by atoms with Gasteiger partial charge in [0.2, 0.25) is 5.91 Å². The van der Waals surface area contributed by atoms with Crippen LogP contribution in [0.3, 0.4) is 0 Å². The lowest BCUT2D eigenvalue weighted by Gasteiger charge is -2.36. The smallest absolute Gasteiger partial charge is 0.220 e. The number of aliphatic hydroxyl groups is 1. The van der Waals surface area contributed by atoms with Crippen LogP contribution in [-0.4, -0.2) is 46.3 Å². The number of aromatic nitrogens is 1. The van der Waals surface area contributed by atoms with Gasteiger partial charge in [-0.3, -0.25) is 9.69 Å². The zero-order valence-corrected chi connectivity index (χ0v) is 16.1. The summed E-state index contributed by atoms with van der Waals surface area (Å²) in [6.45, 7) is 5.93. The number of β-amino-alcohol motifs (C(OH)–C–C–N with tert-alkyl or cyclic N) is 1. The van der Waals surface area contributed by atoms with Crippen LogP contribution >= 0.6 is 0 Å². The van der Waals surface area contributed by atoms with E-state index in [4.69, 9.17) is 4.52 Å². The van der Waals surface area contributed by atoms with Crippen LogP contribution in [0.15, 0.2) is 34.9 Å². The number of amides is 1. The zero-order valence-electron chi connectivity index (χ0n) is 16.1. The van der Waals surface area contributed by atoms with E-state index in [0.717, 1.165) is 49.4 Å². The van der Waals surface area contributed by atoms with Crippen molar-refractivity contribution in [2.45, 2.75) is 58.2 Å². The van der Waals surface area contributed by atoms with Crippen LogP contribution in [0.4, 0.5) is 0 Å². The average Bonchev–Trinajstić information content (AvgIpc) is 2.97. The van der Waals surface area contributed by atoms with E-state index in [1.165, 1.54) is 5.56 Å². The highest BCUT2D eigenvalue weighted by atomic mass is 16.5.